The molecule has 0 unspecified atom stereocenters. The molecule has 0 aliphatic carbocycles. The largest absolute Gasteiger partial charge is 0.507 e. The normalized spacial score (nSPS) is 15.6. The average Bonchev–Trinajstić information content (AvgIpc) is 3.39. The van der Waals surface area contributed by atoms with Crippen molar-refractivity contribution in [2.75, 3.05) is 44.8 Å². The van der Waals surface area contributed by atoms with E-state index in [1.165, 1.54) is 16.4 Å². The van der Waals surface area contributed by atoms with Crippen LogP contribution in [0.1, 0.15) is 37.0 Å². The van der Waals surface area contributed by atoms with Gasteiger partial charge in [0.1, 0.15) is 10.6 Å². The molecule has 1 aliphatic rings. The molecular weight excluding hydrogens is 645 g/mol. The van der Waals surface area contributed by atoms with Crippen LogP contribution in [0.4, 0.5) is 5.69 Å². The summed E-state index contributed by atoms with van der Waals surface area (Å²) in [5, 5.41) is 24.7. The summed E-state index contributed by atoms with van der Waals surface area (Å²) in [6, 6.07) is 17.0. The third kappa shape index (κ3) is 7.47. The van der Waals surface area contributed by atoms with E-state index in [0.717, 1.165) is 28.4 Å². The van der Waals surface area contributed by atoms with Gasteiger partial charge in [0.25, 0.3) is 0 Å². The highest BCUT2D eigenvalue weighted by Gasteiger charge is 2.30. The van der Waals surface area contributed by atoms with Gasteiger partial charge in [0, 0.05) is 48.7 Å². The van der Waals surface area contributed by atoms with E-state index >= 15 is 0 Å². The number of nitrogen functional groups attached to an aromatic ring is 1. The summed E-state index contributed by atoms with van der Waals surface area (Å²) < 4.78 is 59.6. The monoisotopic (exact) mass is 684 g/mol. The average molecular weight is 685 g/mol. The number of ether oxygens (including phenoxy) is 1. The minimum atomic E-state index is -3.80. The number of nitrogens with two attached hydrogens (primary N) is 1. The molecule has 5 rings (SSSR count). The van der Waals surface area contributed by atoms with Crippen molar-refractivity contribution in [1.29, 1.82) is 0 Å². The van der Waals surface area contributed by atoms with Gasteiger partial charge in [0.05, 0.1) is 35.2 Å². The lowest BCUT2D eigenvalue weighted by molar-refractivity contribution is -0.142. The minimum absolute atomic E-state index is 0.101. The van der Waals surface area contributed by atoms with E-state index in [0.29, 0.717) is 39.1 Å². The Balaban J connectivity index is 1.18. The maximum Gasteiger partial charge on any atom is 0.310 e. The van der Waals surface area contributed by atoms with Gasteiger partial charge in [-0.15, -0.1) is 0 Å². The van der Waals surface area contributed by atoms with E-state index < -0.39 is 36.6 Å². The van der Waals surface area contributed by atoms with Crippen molar-refractivity contribution in [1.82, 2.24) is 14.2 Å². The summed E-state index contributed by atoms with van der Waals surface area (Å²) in [5.74, 6) is -0.605. The number of carbonyl (C=O) groups excluding carboxylic acids is 1. The zero-order chi connectivity index (χ0) is 33.9. The van der Waals surface area contributed by atoms with Gasteiger partial charge in [0.2, 0.25) is 10.0 Å². The molecule has 14 heteroatoms. The number of aliphatic hydroxyl groups is 1. The number of aromatic hydroxyl groups is 1. The van der Waals surface area contributed by atoms with Gasteiger partial charge in [-0.3, -0.25) is 4.79 Å². The molecule has 0 saturated carbocycles. The minimum Gasteiger partial charge on any atom is -0.507 e. The number of para-hydroxylation sites is 1. The number of hydrogen-bond acceptors (Lipinski definition) is 10. The molecular formula is C33H40N4O8S2. The SMILES string of the molecule is CCOC(=O)Cc1cn(-c2ccc(S(=O)(=O)N3CCC(CNC[C@H](O)c4ccc(O)c(S(C)(=O)=O)c4N)CC3)cc2)c2ccccc12. The lowest BCUT2D eigenvalue weighted by Gasteiger charge is -2.31. The number of benzene rings is 3. The number of nitrogens with zero attached hydrogens (tertiary/aromatic N) is 2. The summed E-state index contributed by atoms with van der Waals surface area (Å²) >= 11 is 0. The fourth-order valence-electron chi connectivity index (χ4n) is 6.07. The molecule has 2 heterocycles. The highest BCUT2D eigenvalue weighted by atomic mass is 32.2. The van der Waals surface area contributed by atoms with Crippen molar-refractivity contribution < 1.29 is 36.6 Å². The second-order valence-corrected chi connectivity index (χ2v) is 15.6. The van der Waals surface area contributed by atoms with E-state index in [1.54, 1.807) is 31.2 Å². The van der Waals surface area contributed by atoms with Gasteiger partial charge in [0.15, 0.2) is 9.84 Å². The van der Waals surface area contributed by atoms with Crippen molar-refractivity contribution in [3.05, 3.63) is 78.0 Å². The number of aromatic nitrogens is 1. The molecule has 1 aliphatic heterocycles. The van der Waals surface area contributed by atoms with Crippen molar-refractivity contribution >= 4 is 42.4 Å². The molecule has 0 radical (unpaired) electrons. The van der Waals surface area contributed by atoms with Crippen LogP contribution in [-0.4, -0.2) is 80.9 Å². The molecule has 252 valence electrons. The van der Waals surface area contributed by atoms with Crippen LogP contribution in [0.25, 0.3) is 16.6 Å². The summed E-state index contributed by atoms with van der Waals surface area (Å²) in [4.78, 5) is 12.0. The Morgan fingerprint density at radius 1 is 1.04 bits per heavy atom. The molecule has 3 aromatic carbocycles. The Kier molecular flexibility index (Phi) is 10.3. The van der Waals surface area contributed by atoms with E-state index in [9.17, 15) is 31.8 Å². The first kappa shape index (κ1) is 34.4. The first-order valence-electron chi connectivity index (χ1n) is 15.4. The number of rotatable bonds is 12. The van der Waals surface area contributed by atoms with Crippen LogP contribution in [0.15, 0.2) is 76.7 Å². The number of piperidine rings is 1. The zero-order valence-electron chi connectivity index (χ0n) is 26.3. The fraction of sp³-hybridized carbons (Fsp3) is 0.364. The molecule has 47 heavy (non-hydrogen) atoms. The number of phenols is 1. The van der Waals surface area contributed by atoms with Gasteiger partial charge < -0.3 is 30.6 Å². The van der Waals surface area contributed by atoms with Gasteiger partial charge in [-0.25, -0.2) is 16.8 Å². The molecule has 0 amide bonds. The number of sulfonamides is 1. The molecule has 1 atom stereocenters. The van der Waals surface area contributed by atoms with Crippen LogP contribution >= 0.6 is 0 Å². The van der Waals surface area contributed by atoms with E-state index in [1.807, 2.05) is 35.0 Å². The quantitative estimate of drug-likeness (QED) is 0.128. The van der Waals surface area contributed by atoms with Gasteiger partial charge in [-0.2, -0.15) is 4.31 Å². The predicted octanol–water partition coefficient (Wildman–Crippen LogP) is 3.15. The topological polar surface area (TPSA) is 181 Å². The second-order valence-electron chi connectivity index (χ2n) is 11.7. The van der Waals surface area contributed by atoms with Crippen molar-refractivity contribution in [2.45, 2.75) is 42.1 Å². The van der Waals surface area contributed by atoms with Crippen LogP contribution in [0.5, 0.6) is 5.75 Å². The highest BCUT2D eigenvalue weighted by Crippen LogP contribution is 2.34. The number of aliphatic hydroxyl groups excluding tert-OH is 1. The lowest BCUT2D eigenvalue weighted by Crippen LogP contribution is -2.41. The zero-order valence-corrected chi connectivity index (χ0v) is 27.9. The van der Waals surface area contributed by atoms with Crippen molar-refractivity contribution in [3.63, 3.8) is 0 Å². The summed E-state index contributed by atoms with van der Waals surface area (Å²) in [6.07, 6.45) is 3.10. The number of carbonyl (C=O) groups is 1. The summed E-state index contributed by atoms with van der Waals surface area (Å²) in [6.45, 7) is 3.40. The Labute approximate surface area is 274 Å². The molecule has 0 spiro atoms. The first-order valence-corrected chi connectivity index (χ1v) is 18.7. The predicted molar refractivity (Wildman–Crippen MR) is 179 cm³/mol. The second kappa shape index (κ2) is 14.0. The number of fused-ring (bicyclic) bond motifs is 1. The molecule has 1 fully saturated rings. The van der Waals surface area contributed by atoms with Crippen molar-refractivity contribution in [3.8, 4) is 11.4 Å². The number of phenolic OH excluding ortho intramolecular Hbond substituents is 1. The number of anilines is 1. The first-order chi connectivity index (χ1) is 22.3. The number of hydrogen-bond donors (Lipinski definition) is 4. The molecule has 0 bridgehead atoms. The Morgan fingerprint density at radius 2 is 1.72 bits per heavy atom. The van der Waals surface area contributed by atoms with Gasteiger partial charge >= 0.3 is 5.97 Å². The van der Waals surface area contributed by atoms with Crippen LogP contribution in [0, 0.1) is 5.92 Å². The molecule has 1 saturated heterocycles. The molecule has 4 aromatic rings. The van der Waals surface area contributed by atoms with E-state index in [-0.39, 0.29) is 41.0 Å². The Hall–Kier alpha value is -3.95. The smallest absolute Gasteiger partial charge is 0.310 e. The highest BCUT2D eigenvalue weighted by molar-refractivity contribution is 7.91. The van der Waals surface area contributed by atoms with Crippen LogP contribution in [-0.2, 0) is 35.8 Å². The van der Waals surface area contributed by atoms with E-state index in [2.05, 4.69) is 5.32 Å². The standard InChI is InChI=1S/C33H40N4O8S2/c1-3-45-31(40)18-23-21-37(28-7-5-4-6-26(23)28)24-8-10-25(11-9-24)47(43,44)36-16-14-22(15-17-36)19-35-20-30(39)27-12-13-29(38)33(32(27)34)46(2,41)42/h4-13,21-22,30,35,38-39H,3,14-20,34H2,1-2H3/t30-/m0/s1. The Bertz CT molecular complexity index is 1970. The van der Waals surface area contributed by atoms with E-state index in [4.69, 9.17) is 10.5 Å². The molecule has 5 N–H and O–H groups in total. The van der Waals surface area contributed by atoms with Crippen LogP contribution in [0.2, 0.25) is 0 Å². The number of nitrogens with one attached hydrogen (secondary N) is 1. The summed E-state index contributed by atoms with van der Waals surface area (Å²) in [7, 11) is -7.52. The molecule has 12 nitrogen and oxygen atoms in total. The van der Waals surface area contributed by atoms with Crippen LogP contribution in [0.3, 0.4) is 0 Å². The van der Waals surface area contributed by atoms with Gasteiger partial charge in [-0.05, 0) is 74.2 Å². The third-order valence-corrected chi connectivity index (χ3v) is 11.6. The van der Waals surface area contributed by atoms with Crippen LogP contribution < -0.4 is 11.1 Å². The number of sulfone groups is 1. The maximum absolute atomic E-state index is 13.5. The fourth-order valence-corrected chi connectivity index (χ4v) is 8.51. The summed E-state index contributed by atoms with van der Waals surface area (Å²) in [5.41, 5.74) is 8.48. The third-order valence-electron chi connectivity index (χ3n) is 8.47. The molecule has 1 aromatic heterocycles. The van der Waals surface area contributed by atoms with Gasteiger partial charge in [-0.1, -0.05) is 24.3 Å². The Morgan fingerprint density at radius 3 is 2.38 bits per heavy atom. The van der Waals surface area contributed by atoms with Crippen molar-refractivity contribution in [2.24, 2.45) is 5.92 Å². The maximum atomic E-state index is 13.5. The lowest BCUT2D eigenvalue weighted by atomic mass is 9.98. The number of esters is 1.